The van der Waals surface area contributed by atoms with Crippen LogP contribution in [0.3, 0.4) is 0 Å². The highest BCUT2D eigenvalue weighted by Gasteiger charge is 2.19. The van der Waals surface area contributed by atoms with E-state index in [4.69, 9.17) is 4.74 Å². The van der Waals surface area contributed by atoms with Crippen LogP contribution in [0.4, 0.5) is 8.78 Å². The summed E-state index contributed by atoms with van der Waals surface area (Å²) in [5, 5.41) is 2.23. The SMILES string of the molecule is O=C(Cc1nc(-c2cc(F)ccc2F)cs1)N1CCOCC1. The number of aromatic nitrogens is 1. The highest BCUT2D eigenvalue weighted by molar-refractivity contribution is 7.10. The summed E-state index contributed by atoms with van der Waals surface area (Å²) in [6, 6.07) is 3.24. The summed E-state index contributed by atoms with van der Waals surface area (Å²) in [5.41, 5.74) is 0.466. The number of ether oxygens (including phenoxy) is 1. The molecule has 1 fully saturated rings. The summed E-state index contributed by atoms with van der Waals surface area (Å²) in [6.07, 6.45) is 0.168. The smallest absolute Gasteiger partial charge is 0.229 e. The molecule has 2 heterocycles. The van der Waals surface area contributed by atoms with Crippen LogP contribution in [0, 0.1) is 11.6 Å². The Morgan fingerprint density at radius 3 is 2.86 bits per heavy atom. The van der Waals surface area contributed by atoms with Gasteiger partial charge in [0.05, 0.1) is 25.3 Å². The quantitative estimate of drug-likeness (QED) is 0.871. The highest BCUT2D eigenvalue weighted by atomic mass is 32.1. The molecule has 1 amide bonds. The number of morpholine rings is 1. The van der Waals surface area contributed by atoms with Crippen LogP contribution in [0.2, 0.25) is 0 Å². The number of hydrogen-bond acceptors (Lipinski definition) is 4. The summed E-state index contributed by atoms with van der Waals surface area (Å²) in [4.78, 5) is 18.1. The molecular formula is C15H14F2N2O2S. The van der Waals surface area contributed by atoms with Gasteiger partial charge in [-0.15, -0.1) is 11.3 Å². The number of carbonyl (C=O) groups is 1. The number of thiazole rings is 1. The van der Waals surface area contributed by atoms with Gasteiger partial charge in [0, 0.05) is 24.0 Å². The summed E-state index contributed by atoms with van der Waals surface area (Å²) in [6.45, 7) is 2.25. The number of carbonyl (C=O) groups excluding carboxylic acids is 1. The van der Waals surface area contributed by atoms with Gasteiger partial charge < -0.3 is 9.64 Å². The third kappa shape index (κ3) is 3.31. The molecule has 0 N–H and O–H groups in total. The fourth-order valence-corrected chi connectivity index (χ4v) is 3.05. The van der Waals surface area contributed by atoms with Crippen LogP contribution in [-0.4, -0.2) is 42.1 Å². The second-order valence-electron chi connectivity index (χ2n) is 4.92. The van der Waals surface area contributed by atoms with Crippen molar-refractivity contribution in [2.45, 2.75) is 6.42 Å². The monoisotopic (exact) mass is 324 g/mol. The summed E-state index contributed by atoms with van der Waals surface area (Å²) in [5.74, 6) is -1.07. The minimum Gasteiger partial charge on any atom is -0.378 e. The number of halogens is 2. The van der Waals surface area contributed by atoms with Crippen molar-refractivity contribution in [1.29, 1.82) is 0 Å². The number of rotatable bonds is 3. The average Bonchev–Trinajstić information content (AvgIpc) is 2.99. The number of nitrogens with zero attached hydrogens (tertiary/aromatic N) is 2. The topological polar surface area (TPSA) is 42.4 Å². The first-order valence-electron chi connectivity index (χ1n) is 6.89. The van der Waals surface area contributed by atoms with Gasteiger partial charge >= 0.3 is 0 Å². The fraction of sp³-hybridized carbons (Fsp3) is 0.333. The molecule has 1 aliphatic rings. The van der Waals surface area contributed by atoms with Crippen LogP contribution in [-0.2, 0) is 16.0 Å². The zero-order valence-corrected chi connectivity index (χ0v) is 12.5. The molecule has 3 rings (SSSR count). The van der Waals surface area contributed by atoms with Crippen molar-refractivity contribution in [2.24, 2.45) is 0 Å². The molecule has 0 saturated carbocycles. The van der Waals surface area contributed by atoms with Crippen molar-refractivity contribution >= 4 is 17.2 Å². The second-order valence-corrected chi connectivity index (χ2v) is 5.86. The van der Waals surface area contributed by atoms with E-state index in [0.29, 0.717) is 37.0 Å². The molecule has 1 aliphatic heterocycles. The molecule has 116 valence electrons. The van der Waals surface area contributed by atoms with Crippen molar-refractivity contribution in [3.63, 3.8) is 0 Å². The second kappa shape index (κ2) is 6.50. The van der Waals surface area contributed by atoms with E-state index in [-0.39, 0.29) is 17.9 Å². The van der Waals surface area contributed by atoms with Crippen LogP contribution in [0.1, 0.15) is 5.01 Å². The number of benzene rings is 1. The Kier molecular flexibility index (Phi) is 4.44. The molecule has 1 aromatic carbocycles. The van der Waals surface area contributed by atoms with E-state index in [1.54, 1.807) is 10.3 Å². The summed E-state index contributed by atoms with van der Waals surface area (Å²) < 4.78 is 32.2. The molecule has 1 saturated heterocycles. The lowest BCUT2D eigenvalue weighted by Crippen LogP contribution is -2.41. The Morgan fingerprint density at radius 2 is 2.09 bits per heavy atom. The standard InChI is InChI=1S/C15H14F2N2O2S/c16-10-1-2-12(17)11(7-10)13-9-22-14(18-13)8-15(20)19-3-5-21-6-4-19/h1-2,7,9H,3-6,8H2. The summed E-state index contributed by atoms with van der Waals surface area (Å²) >= 11 is 1.27. The van der Waals surface area contributed by atoms with E-state index in [9.17, 15) is 13.6 Å². The molecule has 0 aliphatic carbocycles. The van der Waals surface area contributed by atoms with Gasteiger partial charge in [-0.25, -0.2) is 13.8 Å². The molecule has 0 atom stereocenters. The Hall–Kier alpha value is -1.86. The molecule has 0 bridgehead atoms. The minimum absolute atomic E-state index is 0.0242. The van der Waals surface area contributed by atoms with E-state index < -0.39 is 11.6 Å². The van der Waals surface area contributed by atoms with Crippen LogP contribution in [0.5, 0.6) is 0 Å². The third-order valence-corrected chi connectivity index (χ3v) is 4.27. The van der Waals surface area contributed by atoms with Gasteiger partial charge in [0.1, 0.15) is 16.6 Å². The van der Waals surface area contributed by atoms with Gasteiger partial charge in [-0.1, -0.05) is 0 Å². The van der Waals surface area contributed by atoms with Gasteiger partial charge in [-0.05, 0) is 18.2 Å². The van der Waals surface area contributed by atoms with Crippen LogP contribution in [0.25, 0.3) is 11.3 Å². The zero-order chi connectivity index (χ0) is 15.5. The summed E-state index contributed by atoms with van der Waals surface area (Å²) in [7, 11) is 0. The van der Waals surface area contributed by atoms with Gasteiger partial charge in [0.25, 0.3) is 0 Å². The van der Waals surface area contributed by atoms with E-state index in [1.807, 2.05) is 0 Å². The van der Waals surface area contributed by atoms with Crippen LogP contribution < -0.4 is 0 Å². The fourth-order valence-electron chi connectivity index (χ4n) is 2.26. The van der Waals surface area contributed by atoms with Crippen molar-refractivity contribution in [3.05, 3.63) is 40.2 Å². The molecular weight excluding hydrogens is 310 g/mol. The Balaban J connectivity index is 1.73. The maximum absolute atomic E-state index is 13.7. The molecule has 0 spiro atoms. The largest absolute Gasteiger partial charge is 0.378 e. The molecule has 22 heavy (non-hydrogen) atoms. The van der Waals surface area contributed by atoms with Gasteiger partial charge in [0.2, 0.25) is 5.91 Å². The first kappa shape index (κ1) is 15.1. The maximum Gasteiger partial charge on any atom is 0.229 e. The Morgan fingerprint density at radius 1 is 1.32 bits per heavy atom. The Bertz CT molecular complexity index is 684. The molecule has 4 nitrogen and oxygen atoms in total. The molecule has 1 aromatic heterocycles. The zero-order valence-electron chi connectivity index (χ0n) is 11.7. The maximum atomic E-state index is 13.7. The highest BCUT2D eigenvalue weighted by Crippen LogP contribution is 2.25. The predicted octanol–water partition coefficient (Wildman–Crippen LogP) is 2.49. The van der Waals surface area contributed by atoms with Crippen molar-refractivity contribution in [2.75, 3.05) is 26.3 Å². The number of amides is 1. The van der Waals surface area contributed by atoms with Gasteiger partial charge in [0.15, 0.2) is 0 Å². The van der Waals surface area contributed by atoms with Crippen LogP contribution in [0.15, 0.2) is 23.6 Å². The number of hydrogen-bond donors (Lipinski definition) is 0. The lowest BCUT2D eigenvalue weighted by atomic mass is 10.1. The molecule has 2 aromatic rings. The molecule has 0 unspecified atom stereocenters. The van der Waals surface area contributed by atoms with E-state index in [2.05, 4.69) is 4.98 Å². The van der Waals surface area contributed by atoms with E-state index in [0.717, 1.165) is 18.2 Å². The van der Waals surface area contributed by atoms with Crippen molar-refractivity contribution in [1.82, 2.24) is 9.88 Å². The lowest BCUT2D eigenvalue weighted by molar-refractivity contribution is -0.134. The van der Waals surface area contributed by atoms with Crippen molar-refractivity contribution < 1.29 is 18.3 Å². The van der Waals surface area contributed by atoms with Crippen LogP contribution >= 0.6 is 11.3 Å². The van der Waals surface area contributed by atoms with Gasteiger partial charge in [-0.2, -0.15) is 0 Å². The average molecular weight is 324 g/mol. The van der Waals surface area contributed by atoms with Gasteiger partial charge in [-0.3, -0.25) is 4.79 Å². The third-order valence-electron chi connectivity index (χ3n) is 3.42. The molecule has 7 heteroatoms. The van der Waals surface area contributed by atoms with Crippen molar-refractivity contribution in [3.8, 4) is 11.3 Å². The first-order valence-corrected chi connectivity index (χ1v) is 7.77. The minimum atomic E-state index is -0.530. The van der Waals surface area contributed by atoms with E-state index >= 15 is 0 Å². The first-order chi connectivity index (χ1) is 10.6. The predicted molar refractivity (Wildman–Crippen MR) is 78.6 cm³/mol. The normalized spacial score (nSPS) is 15.1. The lowest BCUT2D eigenvalue weighted by Gasteiger charge is -2.26. The van der Waals surface area contributed by atoms with E-state index in [1.165, 1.54) is 11.3 Å². The molecule has 0 radical (unpaired) electrons. The Labute approximate surface area is 130 Å².